The van der Waals surface area contributed by atoms with Gasteiger partial charge in [0.15, 0.2) is 5.78 Å². The van der Waals surface area contributed by atoms with Crippen LogP contribution >= 0.6 is 0 Å². The second-order valence-corrected chi connectivity index (χ2v) is 3.95. The highest BCUT2D eigenvalue weighted by atomic mass is 16.1. The zero-order valence-corrected chi connectivity index (χ0v) is 10.4. The lowest BCUT2D eigenvalue weighted by molar-refractivity contribution is -0.120. The standard InChI is InChI=1S/C12H20O.C2H4/c1-4-9-7-10(5-2)11(6-3)12(13)8-9;1-2/h8,10-11H,4-7H2,1-3H3;1-2H2/t10-,11?;/m0./s1. The number of ketones is 1. The Morgan fingerprint density at radius 1 is 1.27 bits per heavy atom. The van der Waals surface area contributed by atoms with Crippen LogP contribution in [0, 0.1) is 11.8 Å². The number of carbonyl (C=O) groups excluding carboxylic acids is 1. The minimum atomic E-state index is 0.306. The Hall–Kier alpha value is -0.850. The first-order valence-corrected chi connectivity index (χ1v) is 5.96. The molecule has 1 aliphatic rings. The molecule has 2 atom stereocenters. The molecule has 0 radical (unpaired) electrons. The molecule has 0 saturated carbocycles. The molecule has 0 aromatic heterocycles. The van der Waals surface area contributed by atoms with Gasteiger partial charge in [-0.1, -0.05) is 32.8 Å². The molecule has 1 aliphatic carbocycles. The van der Waals surface area contributed by atoms with Gasteiger partial charge in [-0.15, -0.1) is 13.2 Å². The summed E-state index contributed by atoms with van der Waals surface area (Å²) in [5.74, 6) is 1.29. The zero-order chi connectivity index (χ0) is 11.8. The monoisotopic (exact) mass is 208 g/mol. The van der Waals surface area contributed by atoms with Gasteiger partial charge in [0.05, 0.1) is 0 Å². The van der Waals surface area contributed by atoms with E-state index in [9.17, 15) is 4.79 Å². The first-order valence-electron chi connectivity index (χ1n) is 5.96. The fourth-order valence-corrected chi connectivity index (χ4v) is 2.29. The summed E-state index contributed by atoms with van der Waals surface area (Å²) in [6, 6.07) is 0. The van der Waals surface area contributed by atoms with Crippen LogP contribution in [0.5, 0.6) is 0 Å². The summed E-state index contributed by atoms with van der Waals surface area (Å²) in [5.41, 5.74) is 1.35. The maximum Gasteiger partial charge on any atom is 0.158 e. The van der Waals surface area contributed by atoms with E-state index in [1.165, 1.54) is 5.57 Å². The quantitative estimate of drug-likeness (QED) is 0.637. The number of rotatable bonds is 3. The van der Waals surface area contributed by atoms with Gasteiger partial charge in [0.25, 0.3) is 0 Å². The van der Waals surface area contributed by atoms with Crippen molar-refractivity contribution in [3.63, 3.8) is 0 Å². The second-order valence-electron chi connectivity index (χ2n) is 3.95. The third-order valence-electron chi connectivity index (χ3n) is 3.22. The third kappa shape index (κ3) is 3.65. The normalized spacial score (nSPS) is 25.3. The van der Waals surface area contributed by atoms with Gasteiger partial charge in [-0.2, -0.15) is 0 Å². The Kier molecular flexibility index (Phi) is 7.02. The van der Waals surface area contributed by atoms with Gasteiger partial charge in [0, 0.05) is 5.92 Å². The van der Waals surface area contributed by atoms with Crippen molar-refractivity contribution in [1.82, 2.24) is 0 Å². The molecule has 0 amide bonds. The Balaban J connectivity index is 0.000000921. The first kappa shape index (κ1) is 14.2. The van der Waals surface area contributed by atoms with Crippen molar-refractivity contribution < 1.29 is 4.79 Å². The van der Waals surface area contributed by atoms with Gasteiger partial charge in [0.2, 0.25) is 0 Å². The molecular weight excluding hydrogens is 184 g/mol. The molecule has 86 valence electrons. The number of hydrogen-bond donors (Lipinski definition) is 0. The fourth-order valence-electron chi connectivity index (χ4n) is 2.29. The molecule has 1 rings (SSSR count). The number of allylic oxidation sites excluding steroid dienone is 2. The van der Waals surface area contributed by atoms with Gasteiger partial charge in [-0.25, -0.2) is 0 Å². The lowest BCUT2D eigenvalue weighted by Crippen LogP contribution is -2.26. The summed E-state index contributed by atoms with van der Waals surface area (Å²) in [6.45, 7) is 12.5. The third-order valence-corrected chi connectivity index (χ3v) is 3.22. The number of hydrogen-bond acceptors (Lipinski definition) is 1. The van der Waals surface area contributed by atoms with Crippen molar-refractivity contribution in [1.29, 1.82) is 0 Å². The highest BCUT2D eigenvalue weighted by molar-refractivity contribution is 5.93. The summed E-state index contributed by atoms with van der Waals surface area (Å²) in [6.07, 6.45) is 6.22. The van der Waals surface area contributed by atoms with Crippen LogP contribution < -0.4 is 0 Å². The van der Waals surface area contributed by atoms with Gasteiger partial charge >= 0.3 is 0 Å². The summed E-state index contributed by atoms with van der Waals surface area (Å²) < 4.78 is 0. The van der Waals surface area contributed by atoms with Crippen molar-refractivity contribution in [2.45, 2.75) is 46.5 Å². The van der Waals surface area contributed by atoms with E-state index in [0.717, 1.165) is 25.7 Å². The predicted molar refractivity (Wildman–Crippen MR) is 66.8 cm³/mol. The van der Waals surface area contributed by atoms with E-state index < -0.39 is 0 Å². The minimum absolute atomic E-state index is 0.306. The topological polar surface area (TPSA) is 17.1 Å². The Bertz CT molecular complexity index is 227. The Morgan fingerprint density at radius 3 is 2.27 bits per heavy atom. The van der Waals surface area contributed by atoms with Gasteiger partial charge in [-0.3, -0.25) is 4.79 Å². The number of carbonyl (C=O) groups is 1. The smallest absolute Gasteiger partial charge is 0.158 e. The van der Waals surface area contributed by atoms with E-state index >= 15 is 0 Å². The largest absolute Gasteiger partial charge is 0.295 e. The van der Waals surface area contributed by atoms with Crippen LogP contribution in [0.1, 0.15) is 46.5 Å². The van der Waals surface area contributed by atoms with Crippen LogP contribution in [0.2, 0.25) is 0 Å². The molecule has 0 bridgehead atoms. The molecule has 0 aliphatic heterocycles. The molecule has 0 fully saturated rings. The predicted octanol–water partition coefficient (Wildman–Crippen LogP) is 4.15. The second kappa shape index (κ2) is 7.44. The molecule has 1 heteroatoms. The van der Waals surface area contributed by atoms with E-state index in [1.54, 1.807) is 0 Å². The van der Waals surface area contributed by atoms with Gasteiger partial charge in [0.1, 0.15) is 0 Å². The van der Waals surface area contributed by atoms with Crippen LogP contribution in [0.4, 0.5) is 0 Å². The SMILES string of the molecule is C=C.CCC1=CC(=O)C(CC)[C@@H](CC)C1. The molecule has 0 saturated heterocycles. The van der Waals surface area contributed by atoms with Crippen molar-refractivity contribution >= 4 is 5.78 Å². The summed E-state index contributed by atoms with van der Waals surface area (Å²) >= 11 is 0. The van der Waals surface area contributed by atoms with Gasteiger partial charge in [-0.05, 0) is 31.3 Å². The van der Waals surface area contributed by atoms with Crippen LogP contribution in [0.15, 0.2) is 24.8 Å². The molecule has 1 unspecified atom stereocenters. The van der Waals surface area contributed by atoms with Crippen molar-refractivity contribution in [3.8, 4) is 0 Å². The van der Waals surface area contributed by atoms with Gasteiger partial charge < -0.3 is 0 Å². The summed E-state index contributed by atoms with van der Waals surface area (Å²) in [5, 5.41) is 0. The van der Waals surface area contributed by atoms with E-state index in [2.05, 4.69) is 33.9 Å². The van der Waals surface area contributed by atoms with Crippen LogP contribution in [0.3, 0.4) is 0 Å². The van der Waals surface area contributed by atoms with E-state index in [4.69, 9.17) is 0 Å². The highest BCUT2D eigenvalue weighted by Crippen LogP contribution is 2.32. The van der Waals surface area contributed by atoms with Crippen molar-refractivity contribution in [2.24, 2.45) is 11.8 Å². The van der Waals surface area contributed by atoms with E-state index in [1.807, 2.05) is 6.08 Å². The molecule has 1 nitrogen and oxygen atoms in total. The van der Waals surface area contributed by atoms with Crippen LogP contribution in [-0.2, 0) is 4.79 Å². The maximum absolute atomic E-state index is 11.7. The summed E-state index contributed by atoms with van der Waals surface area (Å²) in [7, 11) is 0. The van der Waals surface area contributed by atoms with Crippen LogP contribution in [0.25, 0.3) is 0 Å². The maximum atomic E-state index is 11.7. The van der Waals surface area contributed by atoms with Crippen molar-refractivity contribution in [2.75, 3.05) is 0 Å². The Morgan fingerprint density at radius 2 is 1.87 bits per heavy atom. The lowest BCUT2D eigenvalue weighted by atomic mass is 9.75. The lowest BCUT2D eigenvalue weighted by Gasteiger charge is -2.28. The zero-order valence-electron chi connectivity index (χ0n) is 10.4. The molecule has 0 spiro atoms. The fraction of sp³-hybridized carbons (Fsp3) is 0.643. The average molecular weight is 208 g/mol. The molecule has 0 heterocycles. The van der Waals surface area contributed by atoms with Crippen molar-refractivity contribution in [3.05, 3.63) is 24.8 Å². The molecular formula is C14H24O. The molecule has 0 N–H and O–H groups in total. The highest BCUT2D eigenvalue weighted by Gasteiger charge is 2.28. The summed E-state index contributed by atoms with van der Waals surface area (Å²) in [4.78, 5) is 11.7. The average Bonchev–Trinajstić information content (AvgIpc) is 2.30. The van der Waals surface area contributed by atoms with E-state index in [-0.39, 0.29) is 0 Å². The molecule has 0 aromatic rings. The Labute approximate surface area is 94.3 Å². The molecule has 15 heavy (non-hydrogen) atoms. The first-order chi connectivity index (χ1) is 7.22. The van der Waals surface area contributed by atoms with Crippen LogP contribution in [-0.4, -0.2) is 5.78 Å². The molecule has 0 aromatic carbocycles. The van der Waals surface area contributed by atoms with E-state index in [0.29, 0.717) is 17.6 Å². The minimum Gasteiger partial charge on any atom is -0.295 e.